The number of anilines is 1. The number of imide groups is 1. The van der Waals surface area contributed by atoms with Gasteiger partial charge in [0.05, 0.1) is 23.4 Å². The van der Waals surface area contributed by atoms with Gasteiger partial charge in [0.2, 0.25) is 0 Å². The Kier molecular flexibility index (Phi) is 5.11. The molecule has 1 aliphatic rings. The van der Waals surface area contributed by atoms with Gasteiger partial charge in [0, 0.05) is 5.02 Å². The molecule has 3 rings (SSSR count). The maximum atomic E-state index is 12.6. The Bertz CT molecular complexity index is 917. The molecule has 0 saturated carbocycles. The topological polar surface area (TPSA) is 63.7 Å². The smallest absolute Gasteiger partial charge is 0.349 e. The first-order valence-electron chi connectivity index (χ1n) is 7.75. The Morgan fingerprint density at radius 3 is 2.31 bits per heavy atom. The fraction of sp³-hybridized carbons (Fsp3) is 0.105. The molecule has 1 aliphatic heterocycles. The van der Waals surface area contributed by atoms with E-state index in [2.05, 4.69) is 0 Å². The van der Waals surface area contributed by atoms with Gasteiger partial charge < -0.3 is 4.74 Å². The van der Waals surface area contributed by atoms with E-state index in [0.717, 1.165) is 4.90 Å². The summed E-state index contributed by atoms with van der Waals surface area (Å²) < 4.78 is 4.82. The zero-order valence-corrected chi connectivity index (χ0v) is 15.2. The van der Waals surface area contributed by atoms with E-state index in [0.29, 0.717) is 27.4 Å². The zero-order valence-electron chi connectivity index (χ0n) is 13.7. The van der Waals surface area contributed by atoms with Gasteiger partial charge in [0.15, 0.2) is 0 Å². The van der Waals surface area contributed by atoms with Crippen LogP contribution >= 0.6 is 23.2 Å². The van der Waals surface area contributed by atoms with Gasteiger partial charge in [-0.1, -0.05) is 35.3 Å². The highest BCUT2D eigenvalue weighted by Crippen LogP contribution is 2.32. The molecule has 5 nitrogen and oxygen atoms in total. The minimum Gasteiger partial charge on any atom is -0.462 e. The van der Waals surface area contributed by atoms with Gasteiger partial charge in [-0.3, -0.25) is 9.59 Å². The molecule has 0 aliphatic carbocycles. The summed E-state index contributed by atoms with van der Waals surface area (Å²) >= 11 is 12.1. The predicted octanol–water partition coefficient (Wildman–Crippen LogP) is 4.28. The molecular weight excluding hydrogens is 377 g/mol. The van der Waals surface area contributed by atoms with E-state index in [1.165, 1.54) is 18.2 Å². The molecule has 0 spiro atoms. The summed E-state index contributed by atoms with van der Waals surface area (Å²) in [6.07, 6.45) is 1.34. The van der Waals surface area contributed by atoms with Crippen LogP contribution in [0, 0.1) is 0 Å². The van der Waals surface area contributed by atoms with Crippen LogP contribution in [0.25, 0.3) is 6.08 Å². The highest BCUT2D eigenvalue weighted by Gasteiger charge is 2.36. The molecule has 0 N–H and O–H groups in total. The predicted molar refractivity (Wildman–Crippen MR) is 99.5 cm³/mol. The van der Waals surface area contributed by atoms with E-state index in [1.807, 2.05) is 0 Å². The van der Waals surface area contributed by atoms with Gasteiger partial charge in [0.1, 0.15) is 5.03 Å². The quantitative estimate of drug-likeness (QED) is 0.444. The molecule has 0 radical (unpaired) electrons. The van der Waals surface area contributed by atoms with Crippen molar-refractivity contribution in [3.8, 4) is 0 Å². The number of amides is 2. The van der Waals surface area contributed by atoms with Crippen molar-refractivity contribution in [2.45, 2.75) is 6.92 Å². The third kappa shape index (κ3) is 3.23. The molecule has 2 aromatic carbocycles. The first kappa shape index (κ1) is 18.2. The molecule has 0 atom stereocenters. The summed E-state index contributed by atoms with van der Waals surface area (Å²) in [5, 5.41) is 0.154. The van der Waals surface area contributed by atoms with Crippen molar-refractivity contribution < 1.29 is 19.1 Å². The van der Waals surface area contributed by atoms with Crippen molar-refractivity contribution in [2.75, 3.05) is 11.5 Å². The second-order valence-corrected chi connectivity index (χ2v) is 6.22. The standard InChI is InChI=1S/C19H13Cl2NO4/c1-2-26-19(25)16(21)10-11-9-12(7-8-15(11)20)22-17(23)13-5-3-4-6-14(13)18(22)24/h3-10H,2H2,1H3. The SMILES string of the molecule is CCOC(=O)C(Cl)=Cc1cc(N2C(=O)c3ccccc3C2=O)ccc1Cl. The zero-order chi connectivity index (χ0) is 18.8. The van der Waals surface area contributed by atoms with Crippen molar-refractivity contribution in [3.05, 3.63) is 69.2 Å². The molecule has 2 amide bonds. The number of carbonyl (C=O) groups excluding carboxylic acids is 3. The van der Waals surface area contributed by atoms with E-state index < -0.39 is 17.8 Å². The maximum Gasteiger partial charge on any atom is 0.349 e. The van der Waals surface area contributed by atoms with Crippen LogP contribution in [0.4, 0.5) is 5.69 Å². The molecule has 0 fully saturated rings. The summed E-state index contributed by atoms with van der Waals surface area (Å²) in [5.74, 6) is -1.52. The first-order valence-corrected chi connectivity index (χ1v) is 8.51. The number of rotatable bonds is 4. The molecule has 0 saturated heterocycles. The molecular formula is C19H13Cl2NO4. The second-order valence-electron chi connectivity index (χ2n) is 5.41. The van der Waals surface area contributed by atoms with Crippen LogP contribution in [-0.2, 0) is 9.53 Å². The van der Waals surface area contributed by atoms with Gasteiger partial charge in [-0.2, -0.15) is 0 Å². The first-order chi connectivity index (χ1) is 12.4. The number of carbonyl (C=O) groups is 3. The monoisotopic (exact) mass is 389 g/mol. The lowest BCUT2D eigenvalue weighted by Gasteiger charge is -2.15. The van der Waals surface area contributed by atoms with E-state index >= 15 is 0 Å². The third-order valence-corrected chi connectivity index (χ3v) is 4.39. The van der Waals surface area contributed by atoms with E-state index in [-0.39, 0.29) is 11.6 Å². The number of ether oxygens (including phenoxy) is 1. The Labute approximate surface area is 159 Å². The number of hydrogen-bond acceptors (Lipinski definition) is 4. The van der Waals surface area contributed by atoms with Crippen LogP contribution in [0.3, 0.4) is 0 Å². The lowest BCUT2D eigenvalue weighted by atomic mass is 10.1. The minimum atomic E-state index is -0.684. The summed E-state index contributed by atoms with van der Waals surface area (Å²) in [7, 11) is 0. The minimum absolute atomic E-state index is 0.159. The second kappa shape index (κ2) is 7.32. The molecule has 26 heavy (non-hydrogen) atoms. The third-order valence-electron chi connectivity index (χ3n) is 3.78. The number of benzene rings is 2. The molecule has 0 aromatic heterocycles. The largest absolute Gasteiger partial charge is 0.462 e. The number of hydrogen-bond donors (Lipinski definition) is 0. The average molecular weight is 390 g/mol. The van der Waals surface area contributed by atoms with Crippen LogP contribution in [0.1, 0.15) is 33.2 Å². The van der Waals surface area contributed by atoms with Gasteiger partial charge in [0.25, 0.3) is 11.8 Å². The van der Waals surface area contributed by atoms with Crippen molar-refractivity contribution in [1.29, 1.82) is 0 Å². The molecule has 0 bridgehead atoms. The Balaban J connectivity index is 1.99. The van der Waals surface area contributed by atoms with Crippen molar-refractivity contribution >= 4 is 52.7 Å². The van der Waals surface area contributed by atoms with Crippen molar-refractivity contribution in [2.24, 2.45) is 0 Å². The van der Waals surface area contributed by atoms with Crippen LogP contribution in [0.5, 0.6) is 0 Å². The molecule has 0 unspecified atom stereocenters. The van der Waals surface area contributed by atoms with Crippen molar-refractivity contribution in [1.82, 2.24) is 0 Å². The van der Waals surface area contributed by atoms with Gasteiger partial charge in [-0.15, -0.1) is 0 Å². The fourth-order valence-corrected chi connectivity index (χ4v) is 2.94. The van der Waals surface area contributed by atoms with Crippen LogP contribution < -0.4 is 4.90 Å². The molecule has 132 valence electrons. The fourth-order valence-electron chi connectivity index (χ4n) is 2.60. The number of fused-ring (bicyclic) bond motifs is 1. The van der Waals surface area contributed by atoms with Crippen LogP contribution in [0.15, 0.2) is 47.5 Å². The van der Waals surface area contributed by atoms with Gasteiger partial charge in [-0.05, 0) is 48.9 Å². The molecule has 7 heteroatoms. The number of halogens is 2. The Morgan fingerprint density at radius 1 is 1.12 bits per heavy atom. The summed E-state index contributed by atoms with van der Waals surface area (Å²) in [5.41, 5.74) is 1.40. The van der Waals surface area contributed by atoms with E-state index in [9.17, 15) is 14.4 Å². The van der Waals surface area contributed by atoms with Gasteiger partial charge >= 0.3 is 5.97 Å². The van der Waals surface area contributed by atoms with E-state index in [4.69, 9.17) is 27.9 Å². The normalized spacial score (nSPS) is 13.8. The number of esters is 1. The van der Waals surface area contributed by atoms with Crippen LogP contribution in [-0.4, -0.2) is 24.4 Å². The van der Waals surface area contributed by atoms with Crippen molar-refractivity contribution in [3.63, 3.8) is 0 Å². The lowest BCUT2D eigenvalue weighted by Crippen LogP contribution is -2.29. The lowest BCUT2D eigenvalue weighted by molar-refractivity contribution is -0.137. The highest BCUT2D eigenvalue weighted by molar-refractivity contribution is 6.43. The molecule has 2 aromatic rings. The maximum absolute atomic E-state index is 12.6. The summed E-state index contributed by atoms with van der Waals surface area (Å²) in [6.45, 7) is 1.85. The molecule has 1 heterocycles. The number of nitrogens with zero attached hydrogens (tertiary/aromatic N) is 1. The van der Waals surface area contributed by atoms with Crippen LogP contribution in [0.2, 0.25) is 5.02 Å². The Morgan fingerprint density at radius 2 is 1.73 bits per heavy atom. The summed E-state index contributed by atoms with van der Waals surface area (Å²) in [6, 6.07) is 11.2. The van der Waals surface area contributed by atoms with E-state index in [1.54, 1.807) is 37.3 Å². The van der Waals surface area contributed by atoms with Gasteiger partial charge in [-0.25, -0.2) is 9.69 Å². The Hall–Kier alpha value is -2.63. The average Bonchev–Trinajstić information content (AvgIpc) is 2.88. The highest BCUT2D eigenvalue weighted by atomic mass is 35.5. The summed E-state index contributed by atoms with van der Waals surface area (Å²) in [4.78, 5) is 37.9.